The van der Waals surface area contributed by atoms with Crippen LogP contribution in [0, 0.1) is 0 Å². The molecule has 6 nitrogen and oxygen atoms in total. The van der Waals surface area contributed by atoms with Crippen LogP contribution in [-0.4, -0.2) is 36.2 Å². The van der Waals surface area contributed by atoms with Gasteiger partial charge in [-0.1, -0.05) is 11.6 Å². The van der Waals surface area contributed by atoms with Crippen molar-refractivity contribution in [3.63, 3.8) is 0 Å². The number of carbonyl (C=O) groups is 3. The maximum atomic E-state index is 12.0. The van der Waals surface area contributed by atoms with Crippen LogP contribution in [0.4, 0.5) is 0 Å². The van der Waals surface area contributed by atoms with Gasteiger partial charge in [-0.3, -0.25) is 9.59 Å². The van der Waals surface area contributed by atoms with Gasteiger partial charge in [-0.25, -0.2) is 4.79 Å². The molecule has 0 amide bonds. The van der Waals surface area contributed by atoms with E-state index in [1.165, 1.54) is 38.4 Å². The van der Waals surface area contributed by atoms with Crippen molar-refractivity contribution >= 4 is 29.1 Å². The van der Waals surface area contributed by atoms with E-state index in [1.54, 1.807) is 6.07 Å². The zero-order valence-electron chi connectivity index (χ0n) is 12.5. The van der Waals surface area contributed by atoms with Crippen molar-refractivity contribution < 1.29 is 23.9 Å². The van der Waals surface area contributed by atoms with Crippen molar-refractivity contribution in [3.05, 3.63) is 52.3 Å². The van der Waals surface area contributed by atoms with Crippen molar-refractivity contribution in [1.29, 1.82) is 0 Å². The third kappa shape index (κ3) is 3.98. The molecule has 0 radical (unpaired) electrons. The van der Waals surface area contributed by atoms with E-state index in [0.29, 0.717) is 21.9 Å². The van der Waals surface area contributed by atoms with Gasteiger partial charge in [-0.05, 0) is 31.2 Å². The van der Waals surface area contributed by atoms with E-state index in [1.807, 2.05) is 0 Å². The summed E-state index contributed by atoms with van der Waals surface area (Å²) in [6, 6.07) is 5.91. The minimum absolute atomic E-state index is 0.107. The van der Waals surface area contributed by atoms with Crippen LogP contribution in [0.3, 0.4) is 0 Å². The summed E-state index contributed by atoms with van der Waals surface area (Å²) in [7, 11) is 1.47. The molecule has 0 unspecified atom stereocenters. The lowest BCUT2D eigenvalue weighted by Crippen LogP contribution is -2.14. The molecule has 1 aromatic carbocycles. The molecule has 1 aromatic heterocycles. The number of carbonyl (C=O) groups excluding carboxylic acids is 3. The lowest BCUT2D eigenvalue weighted by atomic mass is 10.1. The monoisotopic (exact) mass is 335 g/mol. The molecule has 2 rings (SSSR count). The molecule has 23 heavy (non-hydrogen) atoms. The van der Waals surface area contributed by atoms with E-state index >= 15 is 0 Å². The van der Waals surface area contributed by atoms with E-state index < -0.39 is 18.4 Å². The third-order valence-corrected chi connectivity index (χ3v) is 3.41. The molecular formula is C16H14ClNO5. The van der Waals surface area contributed by atoms with Crippen molar-refractivity contribution in [2.45, 2.75) is 6.92 Å². The molecule has 1 N–H and O–H groups in total. The number of hydrogen-bond donors (Lipinski definition) is 1. The first-order valence-electron chi connectivity index (χ1n) is 6.65. The number of H-pyrrole nitrogens is 1. The zero-order chi connectivity index (χ0) is 17.0. The Bertz CT molecular complexity index is 766. The van der Waals surface area contributed by atoms with Crippen LogP contribution in [0.2, 0.25) is 5.02 Å². The van der Waals surface area contributed by atoms with Crippen LogP contribution in [0.5, 0.6) is 5.75 Å². The molecule has 0 saturated heterocycles. The highest BCUT2D eigenvalue weighted by molar-refractivity contribution is 6.32. The van der Waals surface area contributed by atoms with Crippen LogP contribution in [0.15, 0.2) is 30.5 Å². The van der Waals surface area contributed by atoms with E-state index in [4.69, 9.17) is 21.1 Å². The summed E-state index contributed by atoms with van der Waals surface area (Å²) in [5.74, 6) is -0.848. The molecular weight excluding hydrogens is 322 g/mol. The second-order valence-corrected chi connectivity index (χ2v) is 5.11. The number of esters is 1. The second-order valence-electron chi connectivity index (χ2n) is 4.71. The summed E-state index contributed by atoms with van der Waals surface area (Å²) in [4.78, 5) is 37.6. The summed E-state index contributed by atoms with van der Waals surface area (Å²) in [5.41, 5.74) is 0.778. The Kier molecular flexibility index (Phi) is 5.18. The summed E-state index contributed by atoms with van der Waals surface area (Å²) in [6.07, 6.45) is 1.41. The number of methoxy groups -OCH3 is 1. The van der Waals surface area contributed by atoms with E-state index in [2.05, 4.69) is 4.98 Å². The van der Waals surface area contributed by atoms with Gasteiger partial charge in [-0.15, -0.1) is 0 Å². The molecule has 120 valence electrons. The quantitative estimate of drug-likeness (QED) is 0.648. The minimum atomic E-state index is -0.717. The number of ether oxygens (including phenoxy) is 2. The average molecular weight is 336 g/mol. The fourth-order valence-electron chi connectivity index (χ4n) is 1.85. The number of aromatic amines is 1. The maximum absolute atomic E-state index is 12.0. The van der Waals surface area contributed by atoms with Crippen LogP contribution in [0.1, 0.15) is 38.1 Å². The van der Waals surface area contributed by atoms with Crippen LogP contribution >= 0.6 is 11.6 Å². The van der Waals surface area contributed by atoms with Crippen molar-refractivity contribution in [2.75, 3.05) is 13.7 Å². The molecule has 0 fully saturated rings. The zero-order valence-corrected chi connectivity index (χ0v) is 13.3. The Morgan fingerprint density at radius 2 is 1.91 bits per heavy atom. The van der Waals surface area contributed by atoms with Gasteiger partial charge in [0.25, 0.3) is 0 Å². The van der Waals surface area contributed by atoms with Crippen molar-refractivity contribution in [1.82, 2.24) is 4.98 Å². The van der Waals surface area contributed by atoms with Crippen LogP contribution < -0.4 is 4.74 Å². The number of hydrogen-bond acceptors (Lipinski definition) is 5. The molecule has 0 aliphatic carbocycles. The molecule has 1 heterocycles. The van der Waals surface area contributed by atoms with Gasteiger partial charge < -0.3 is 14.5 Å². The Morgan fingerprint density at radius 1 is 1.17 bits per heavy atom. The van der Waals surface area contributed by atoms with Crippen LogP contribution in [0.25, 0.3) is 0 Å². The average Bonchev–Trinajstić information content (AvgIpc) is 3.02. The predicted molar refractivity (Wildman–Crippen MR) is 83.4 cm³/mol. The molecule has 0 atom stereocenters. The Labute approximate surface area is 137 Å². The summed E-state index contributed by atoms with van der Waals surface area (Å²) >= 11 is 5.94. The first-order chi connectivity index (χ1) is 10.9. The standard InChI is InChI=1S/C16H14ClNO5/c1-9(19)11-6-13(18-7-11)16(21)23-8-14(20)10-3-4-15(22-2)12(17)5-10/h3-7,18H,8H2,1-2H3. The summed E-state index contributed by atoms with van der Waals surface area (Å²) in [5, 5.41) is 0.292. The topological polar surface area (TPSA) is 85.5 Å². The smallest absolute Gasteiger partial charge is 0.355 e. The lowest BCUT2D eigenvalue weighted by Gasteiger charge is -2.06. The molecule has 0 saturated carbocycles. The Hall–Kier alpha value is -2.60. The normalized spacial score (nSPS) is 10.2. The van der Waals surface area contributed by atoms with E-state index in [0.717, 1.165) is 0 Å². The Morgan fingerprint density at radius 3 is 2.48 bits per heavy atom. The number of rotatable bonds is 6. The van der Waals surface area contributed by atoms with Gasteiger partial charge in [0, 0.05) is 17.3 Å². The van der Waals surface area contributed by atoms with Gasteiger partial charge in [0.1, 0.15) is 11.4 Å². The second kappa shape index (κ2) is 7.11. The third-order valence-electron chi connectivity index (χ3n) is 3.12. The van der Waals surface area contributed by atoms with E-state index in [9.17, 15) is 14.4 Å². The number of halogens is 1. The first kappa shape index (κ1) is 16.8. The highest BCUT2D eigenvalue weighted by atomic mass is 35.5. The summed E-state index contributed by atoms with van der Waals surface area (Å²) in [6.45, 7) is 0.950. The van der Waals surface area contributed by atoms with Gasteiger partial charge >= 0.3 is 5.97 Å². The minimum Gasteiger partial charge on any atom is -0.495 e. The number of aromatic nitrogens is 1. The first-order valence-corrected chi connectivity index (χ1v) is 7.03. The Balaban J connectivity index is 1.99. The highest BCUT2D eigenvalue weighted by Crippen LogP contribution is 2.25. The molecule has 2 aromatic rings. The molecule has 0 aliphatic rings. The fraction of sp³-hybridized carbons (Fsp3) is 0.188. The highest BCUT2D eigenvalue weighted by Gasteiger charge is 2.15. The predicted octanol–water partition coefficient (Wildman–Crippen LogP) is 2.92. The van der Waals surface area contributed by atoms with Crippen molar-refractivity contribution in [2.24, 2.45) is 0 Å². The van der Waals surface area contributed by atoms with Crippen LogP contribution in [-0.2, 0) is 4.74 Å². The number of ketones is 2. The molecule has 7 heteroatoms. The lowest BCUT2D eigenvalue weighted by molar-refractivity contribution is 0.0469. The SMILES string of the molecule is COc1ccc(C(=O)COC(=O)c2cc(C(C)=O)c[nH]2)cc1Cl. The number of benzene rings is 1. The van der Waals surface area contributed by atoms with Gasteiger partial charge in [0.2, 0.25) is 0 Å². The fourth-order valence-corrected chi connectivity index (χ4v) is 2.11. The number of Topliss-reactive ketones (excluding diaryl/α,β-unsaturated/α-hetero) is 2. The maximum Gasteiger partial charge on any atom is 0.355 e. The molecule has 0 aliphatic heterocycles. The van der Waals surface area contributed by atoms with Gasteiger partial charge in [0.05, 0.1) is 12.1 Å². The summed E-state index contributed by atoms with van der Waals surface area (Å²) < 4.78 is 9.93. The molecule has 0 bridgehead atoms. The van der Waals surface area contributed by atoms with Gasteiger partial charge in [-0.2, -0.15) is 0 Å². The van der Waals surface area contributed by atoms with E-state index in [-0.39, 0.29) is 11.5 Å². The number of nitrogens with one attached hydrogen (secondary N) is 1. The van der Waals surface area contributed by atoms with Gasteiger partial charge in [0.15, 0.2) is 18.2 Å². The molecule has 0 spiro atoms. The van der Waals surface area contributed by atoms with Crippen molar-refractivity contribution in [3.8, 4) is 5.75 Å². The largest absolute Gasteiger partial charge is 0.495 e.